The van der Waals surface area contributed by atoms with Crippen molar-refractivity contribution in [2.24, 2.45) is 0 Å². The molecule has 9 heteroatoms. The van der Waals surface area contributed by atoms with Crippen LogP contribution in [0.5, 0.6) is 17.2 Å². The van der Waals surface area contributed by atoms with Crippen LogP contribution in [0, 0.1) is 0 Å². The molecule has 2 heterocycles. The summed E-state index contributed by atoms with van der Waals surface area (Å²) in [6, 6.07) is 12.9. The Morgan fingerprint density at radius 2 is 1.35 bits per heavy atom. The van der Waals surface area contributed by atoms with Gasteiger partial charge in [-0.3, -0.25) is 14.4 Å². The number of hydrogen-bond donors (Lipinski definition) is 1. The van der Waals surface area contributed by atoms with E-state index >= 15 is 0 Å². The molecule has 2 aromatic carbocycles. The Bertz CT molecular complexity index is 1230. The maximum atomic E-state index is 12.9. The van der Waals surface area contributed by atoms with Crippen molar-refractivity contribution in [1.82, 2.24) is 9.80 Å². The van der Waals surface area contributed by atoms with Crippen LogP contribution >= 0.6 is 0 Å². The van der Waals surface area contributed by atoms with E-state index in [0.717, 1.165) is 24.3 Å². The number of ether oxygens (including phenoxy) is 3. The molecule has 0 saturated carbocycles. The van der Waals surface area contributed by atoms with Crippen LogP contribution in [-0.4, -0.2) is 73.0 Å². The molecule has 4 rings (SSSR count). The molecule has 0 aliphatic carbocycles. The second-order valence-electron chi connectivity index (χ2n) is 9.93. The van der Waals surface area contributed by atoms with E-state index in [-0.39, 0.29) is 29.9 Å². The van der Waals surface area contributed by atoms with Crippen LogP contribution < -0.4 is 19.5 Å². The Balaban J connectivity index is 1.31. The summed E-state index contributed by atoms with van der Waals surface area (Å²) in [6.07, 6.45) is 7.53. The lowest BCUT2D eigenvalue weighted by molar-refractivity contribution is -0.128. The third kappa shape index (κ3) is 7.88. The second-order valence-corrected chi connectivity index (χ2v) is 9.93. The van der Waals surface area contributed by atoms with Gasteiger partial charge in [-0.25, -0.2) is 0 Å². The number of rotatable bonds is 9. The monoisotopic (exact) mass is 547 g/mol. The number of amides is 3. The van der Waals surface area contributed by atoms with Gasteiger partial charge in [0.25, 0.3) is 0 Å². The number of likely N-dealkylation sites (tertiary alicyclic amines) is 2. The molecule has 0 unspecified atom stereocenters. The van der Waals surface area contributed by atoms with Gasteiger partial charge < -0.3 is 29.3 Å². The fraction of sp³-hybridized carbons (Fsp3) is 0.387. The summed E-state index contributed by atoms with van der Waals surface area (Å²) in [5, 5.41) is 2.84. The van der Waals surface area contributed by atoms with Crippen molar-refractivity contribution in [2.75, 3.05) is 38.6 Å². The number of nitrogens with one attached hydrogen (secondary N) is 1. The van der Waals surface area contributed by atoms with E-state index in [0.29, 0.717) is 56.0 Å². The SMILES string of the molecule is C=CC(=O)N1CCC(Oc2ccc(/C=C/C(=O)N3CCC(Oc4ccc(OC)cc4)CC3)c(NC(C)=O)c2)CC1. The molecule has 2 aliphatic heterocycles. The number of carbonyl (C=O) groups excluding carboxylic acids is 3. The van der Waals surface area contributed by atoms with E-state index in [1.807, 2.05) is 41.3 Å². The van der Waals surface area contributed by atoms with Crippen molar-refractivity contribution in [1.29, 1.82) is 0 Å². The van der Waals surface area contributed by atoms with Gasteiger partial charge in [-0.05, 0) is 54.1 Å². The molecule has 2 fully saturated rings. The predicted octanol–water partition coefficient (Wildman–Crippen LogP) is 4.29. The smallest absolute Gasteiger partial charge is 0.246 e. The molecule has 0 aromatic heterocycles. The second kappa shape index (κ2) is 13.7. The van der Waals surface area contributed by atoms with Crippen molar-refractivity contribution in [3.05, 3.63) is 66.8 Å². The van der Waals surface area contributed by atoms with E-state index in [1.165, 1.54) is 19.1 Å². The first-order chi connectivity index (χ1) is 19.3. The zero-order valence-corrected chi connectivity index (χ0v) is 23.1. The number of hydrogen-bond acceptors (Lipinski definition) is 6. The molecule has 2 aliphatic rings. The van der Waals surface area contributed by atoms with E-state index in [9.17, 15) is 14.4 Å². The van der Waals surface area contributed by atoms with Gasteiger partial charge in [0.05, 0.1) is 12.8 Å². The molecule has 9 nitrogen and oxygen atoms in total. The van der Waals surface area contributed by atoms with Crippen molar-refractivity contribution in [3.8, 4) is 17.2 Å². The fourth-order valence-electron chi connectivity index (χ4n) is 4.87. The van der Waals surface area contributed by atoms with Gasteiger partial charge in [-0.2, -0.15) is 0 Å². The summed E-state index contributed by atoms with van der Waals surface area (Å²) in [5.41, 5.74) is 1.28. The average Bonchev–Trinajstić information content (AvgIpc) is 2.97. The van der Waals surface area contributed by atoms with Gasteiger partial charge in [0, 0.05) is 70.9 Å². The van der Waals surface area contributed by atoms with Crippen LogP contribution in [0.3, 0.4) is 0 Å². The van der Waals surface area contributed by atoms with Crippen molar-refractivity contribution < 1.29 is 28.6 Å². The zero-order chi connectivity index (χ0) is 28.5. The summed E-state index contributed by atoms with van der Waals surface area (Å²) < 4.78 is 17.4. The first-order valence-electron chi connectivity index (χ1n) is 13.6. The molecule has 3 amide bonds. The molecule has 212 valence electrons. The predicted molar refractivity (Wildman–Crippen MR) is 153 cm³/mol. The van der Waals surface area contributed by atoms with Gasteiger partial charge >= 0.3 is 0 Å². The van der Waals surface area contributed by atoms with Crippen molar-refractivity contribution in [3.63, 3.8) is 0 Å². The van der Waals surface area contributed by atoms with E-state index in [2.05, 4.69) is 11.9 Å². The molecule has 40 heavy (non-hydrogen) atoms. The quantitative estimate of drug-likeness (QED) is 0.471. The Hall–Kier alpha value is -4.27. The first kappa shape index (κ1) is 28.7. The Morgan fingerprint density at radius 1 is 0.825 bits per heavy atom. The number of benzene rings is 2. The molecule has 2 saturated heterocycles. The lowest BCUT2D eigenvalue weighted by atomic mass is 10.1. The summed E-state index contributed by atoms with van der Waals surface area (Å²) in [4.78, 5) is 40.1. The van der Waals surface area contributed by atoms with Gasteiger partial charge in [0.1, 0.15) is 29.5 Å². The van der Waals surface area contributed by atoms with E-state index in [1.54, 1.807) is 24.2 Å². The van der Waals surface area contributed by atoms with Crippen molar-refractivity contribution in [2.45, 2.75) is 44.8 Å². The Kier molecular flexibility index (Phi) is 9.83. The highest BCUT2D eigenvalue weighted by molar-refractivity contribution is 5.95. The number of piperidine rings is 2. The minimum Gasteiger partial charge on any atom is -0.497 e. The third-order valence-corrected chi connectivity index (χ3v) is 7.09. The van der Waals surface area contributed by atoms with E-state index < -0.39 is 0 Å². The molecule has 0 bridgehead atoms. The van der Waals surface area contributed by atoms with E-state index in [4.69, 9.17) is 14.2 Å². The summed E-state index contributed by atoms with van der Waals surface area (Å²) in [6.45, 7) is 7.42. The number of anilines is 1. The maximum absolute atomic E-state index is 12.9. The van der Waals surface area contributed by atoms with Crippen LogP contribution in [0.4, 0.5) is 5.69 Å². The molecule has 2 aromatic rings. The lowest BCUT2D eigenvalue weighted by Crippen LogP contribution is -2.41. The van der Waals surface area contributed by atoms with Gasteiger partial charge in [-0.15, -0.1) is 0 Å². The van der Waals surface area contributed by atoms with Crippen LogP contribution in [0.1, 0.15) is 38.2 Å². The molecule has 1 N–H and O–H groups in total. The minimum atomic E-state index is -0.215. The molecule has 0 radical (unpaired) electrons. The molecular formula is C31H37N3O6. The summed E-state index contributed by atoms with van der Waals surface area (Å²) in [7, 11) is 1.63. The average molecular weight is 548 g/mol. The molecule has 0 spiro atoms. The zero-order valence-electron chi connectivity index (χ0n) is 23.1. The van der Waals surface area contributed by atoms with Crippen LogP contribution in [0.25, 0.3) is 6.08 Å². The third-order valence-electron chi connectivity index (χ3n) is 7.09. The summed E-state index contributed by atoms with van der Waals surface area (Å²) in [5.74, 6) is 1.83. The lowest BCUT2D eigenvalue weighted by Gasteiger charge is -2.31. The largest absolute Gasteiger partial charge is 0.497 e. The molecular weight excluding hydrogens is 510 g/mol. The highest BCUT2D eigenvalue weighted by atomic mass is 16.5. The number of methoxy groups -OCH3 is 1. The van der Waals surface area contributed by atoms with Gasteiger partial charge in [0.15, 0.2) is 0 Å². The minimum absolute atomic E-state index is 0.0290. The van der Waals surface area contributed by atoms with Crippen LogP contribution in [0.15, 0.2) is 61.2 Å². The molecule has 0 atom stereocenters. The Morgan fingerprint density at radius 3 is 1.90 bits per heavy atom. The Labute approximate surface area is 235 Å². The maximum Gasteiger partial charge on any atom is 0.246 e. The topological polar surface area (TPSA) is 97.4 Å². The van der Waals surface area contributed by atoms with Gasteiger partial charge in [0.2, 0.25) is 17.7 Å². The van der Waals surface area contributed by atoms with Gasteiger partial charge in [-0.1, -0.05) is 6.58 Å². The highest BCUT2D eigenvalue weighted by Crippen LogP contribution is 2.27. The first-order valence-corrected chi connectivity index (χ1v) is 13.6. The number of nitrogens with zero attached hydrogens (tertiary/aromatic N) is 2. The fourth-order valence-corrected chi connectivity index (χ4v) is 4.87. The van der Waals surface area contributed by atoms with Crippen LogP contribution in [0.2, 0.25) is 0 Å². The summed E-state index contributed by atoms with van der Waals surface area (Å²) >= 11 is 0. The highest BCUT2D eigenvalue weighted by Gasteiger charge is 2.24. The standard InChI is InChI=1S/C31H37N3O6/c1-4-30(36)33-17-13-27(14-18-33)40-28-7-5-23(29(21-28)32-22(2)35)6-12-31(37)34-19-15-26(16-20-34)39-25-10-8-24(38-3)9-11-25/h4-12,21,26-27H,1,13-20H2,2-3H3,(H,32,35)/b12-6+. The number of carbonyl (C=O) groups is 3. The van der Waals surface area contributed by atoms with Crippen molar-refractivity contribution >= 4 is 29.5 Å². The van der Waals surface area contributed by atoms with Crippen LogP contribution in [-0.2, 0) is 14.4 Å². The normalized spacial score (nSPS) is 16.4.